The van der Waals surface area contributed by atoms with Crippen LogP contribution in [-0.2, 0) is 11.2 Å². The fraction of sp³-hybridized carbons (Fsp3) is 0.208. The van der Waals surface area contributed by atoms with Gasteiger partial charge in [-0.05, 0) is 54.5 Å². The van der Waals surface area contributed by atoms with Gasteiger partial charge >= 0.3 is 0 Å². The van der Waals surface area contributed by atoms with Gasteiger partial charge in [-0.15, -0.1) is 11.3 Å². The number of aromatic nitrogens is 1. The maximum Gasteiger partial charge on any atom is 0.267 e. The van der Waals surface area contributed by atoms with Crippen molar-refractivity contribution < 1.29 is 10.0 Å². The molecule has 1 aliphatic rings. The van der Waals surface area contributed by atoms with Crippen molar-refractivity contribution in [3.8, 4) is 10.6 Å². The van der Waals surface area contributed by atoms with E-state index in [4.69, 9.17) is 5.21 Å². The number of amides is 1. The molecular weight excluding hydrogens is 394 g/mol. The number of benzene rings is 1. The number of thiophene rings is 1. The Morgan fingerprint density at radius 1 is 1.17 bits per heavy atom. The molecule has 154 valence electrons. The number of carbonyl (C=O) groups excluding carboxylic acids is 1. The van der Waals surface area contributed by atoms with E-state index < -0.39 is 5.91 Å². The molecule has 4 N–H and O–H groups in total. The van der Waals surface area contributed by atoms with Gasteiger partial charge in [-0.25, -0.2) is 5.48 Å². The maximum absolute atomic E-state index is 11.1. The molecule has 0 fully saturated rings. The quantitative estimate of drug-likeness (QED) is 0.184. The second-order valence-electron chi connectivity index (χ2n) is 7.30. The zero-order chi connectivity index (χ0) is 20.8. The van der Waals surface area contributed by atoms with E-state index in [1.807, 2.05) is 6.08 Å². The fourth-order valence-electron chi connectivity index (χ4n) is 3.76. The van der Waals surface area contributed by atoms with Gasteiger partial charge in [0, 0.05) is 23.5 Å². The van der Waals surface area contributed by atoms with Gasteiger partial charge in [-0.1, -0.05) is 48.1 Å². The van der Waals surface area contributed by atoms with E-state index in [0.717, 1.165) is 37.9 Å². The predicted molar refractivity (Wildman–Crippen MR) is 123 cm³/mol. The number of hydroxylamine groups is 1. The lowest BCUT2D eigenvalue weighted by molar-refractivity contribution is -0.124. The minimum atomic E-state index is -0.508. The van der Waals surface area contributed by atoms with Crippen molar-refractivity contribution >= 4 is 28.1 Å². The molecule has 6 heteroatoms. The second kappa shape index (κ2) is 9.71. The van der Waals surface area contributed by atoms with E-state index >= 15 is 0 Å². The SMILES string of the molecule is O=C(/C=C/C1=CC=C(CNCCc2c(-c3cccs3)[nH]c3ccccc23)CC1)NO. The first-order valence-electron chi connectivity index (χ1n) is 10.1. The van der Waals surface area contributed by atoms with Gasteiger partial charge in [0.25, 0.3) is 5.91 Å². The third-order valence-electron chi connectivity index (χ3n) is 5.31. The molecule has 3 aromatic rings. The molecular formula is C24H25N3O2S. The van der Waals surface area contributed by atoms with E-state index in [0.29, 0.717) is 0 Å². The maximum atomic E-state index is 11.1. The van der Waals surface area contributed by atoms with Crippen molar-refractivity contribution in [1.82, 2.24) is 15.8 Å². The first-order valence-corrected chi connectivity index (χ1v) is 11.0. The van der Waals surface area contributed by atoms with Gasteiger partial charge < -0.3 is 10.3 Å². The Kier molecular flexibility index (Phi) is 6.59. The fourth-order valence-corrected chi connectivity index (χ4v) is 4.51. The number of carbonyl (C=O) groups is 1. The molecule has 0 bridgehead atoms. The number of nitrogens with one attached hydrogen (secondary N) is 3. The summed E-state index contributed by atoms with van der Waals surface area (Å²) in [6.45, 7) is 1.77. The van der Waals surface area contributed by atoms with Crippen molar-refractivity contribution in [3.63, 3.8) is 0 Å². The highest BCUT2D eigenvalue weighted by Crippen LogP contribution is 2.33. The average Bonchev–Trinajstić information content (AvgIpc) is 3.44. The third kappa shape index (κ3) is 4.79. The molecule has 5 nitrogen and oxygen atoms in total. The van der Waals surface area contributed by atoms with Crippen LogP contribution in [0.1, 0.15) is 18.4 Å². The number of rotatable bonds is 8. The Labute approximate surface area is 179 Å². The Morgan fingerprint density at radius 2 is 2.07 bits per heavy atom. The van der Waals surface area contributed by atoms with Crippen LogP contribution < -0.4 is 10.8 Å². The van der Waals surface area contributed by atoms with Crippen LogP contribution in [0.2, 0.25) is 0 Å². The number of H-pyrrole nitrogens is 1. The van der Waals surface area contributed by atoms with Gasteiger partial charge in [0.1, 0.15) is 0 Å². The molecule has 0 radical (unpaired) electrons. The topological polar surface area (TPSA) is 77.2 Å². The monoisotopic (exact) mass is 419 g/mol. The lowest BCUT2D eigenvalue weighted by atomic mass is 9.98. The lowest BCUT2D eigenvalue weighted by Gasteiger charge is -2.13. The van der Waals surface area contributed by atoms with Crippen molar-refractivity contribution in [2.45, 2.75) is 19.3 Å². The minimum absolute atomic E-state index is 0.508. The first kappa shape index (κ1) is 20.3. The van der Waals surface area contributed by atoms with Gasteiger partial charge in [-0.3, -0.25) is 10.0 Å². The Hall–Kier alpha value is -2.93. The minimum Gasteiger partial charge on any atom is -0.354 e. The molecule has 1 aliphatic carbocycles. The van der Waals surface area contributed by atoms with Gasteiger partial charge in [0.05, 0.1) is 10.6 Å². The molecule has 1 amide bonds. The molecule has 0 spiro atoms. The number of allylic oxidation sites excluding steroid dienone is 4. The van der Waals surface area contributed by atoms with Crippen LogP contribution >= 0.6 is 11.3 Å². The van der Waals surface area contributed by atoms with Crippen LogP contribution in [-0.4, -0.2) is 29.2 Å². The molecule has 0 saturated carbocycles. The number of aromatic amines is 1. The average molecular weight is 420 g/mol. The van der Waals surface area contributed by atoms with Gasteiger partial charge in [-0.2, -0.15) is 0 Å². The van der Waals surface area contributed by atoms with Crippen LogP contribution in [0.25, 0.3) is 21.5 Å². The van der Waals surface area contributed by atoms with Crippen molar-refractivity contribution in [2.75, 3.05) is 13.1 Å². The van der Waals surface area contributed by atoms with E-state index in [1.165, 1.54) is 38.7 Å². The molecule has 1 aromatic carbocycles. The van der Waals surface area contributed by atoms with Crippen LogP contribution in [0.4, 0.5) is 0 Å². The normalized spacial score (nSPS) is 14.2. The van der Waals surface area contributed by atoms with Crippen LogP contribution in [0.3, 0.4) is 0 Å². The first-order chi connectivity index (χ1) is 14.7. The summed E-state index contributed by atoms with van der Waals surface area (Å²) in [5.74, 6) is -0.508. The summed E-state index contributed by atoms with van der Waals surface area (Å²) in [4.78, 5) is 15.9. The summed E-state index contributed by atoms with van der Waals surface area (Å²) in [5, 5.41) is 15.5. The summed E-state index contributed by atoms with van der Waals surface area (Å²) >= 11 is 1.76. The molecule has 0 atom stereocenters. The highest BCUT2D eigenvalue weighted by molar-refractivity contribution is 7.13. The summed E-state index contributed by atoms with van der Waals surface area (Å²) < 4.78 is 0. The summed E-state index contributed by atoms with van der Waals surface area (Å²) in [6, 6.07) is 12.8. The number of hydrogen-bond donors (Lipinski definition) is 4. The highest BCUT2D eigenvalue weighted by Gasteiger charge is 2.13. The van der Waals surface area contributed by atoms with Crippen LogP contribution in [0, 0.1) is 0 Å². The smallest absolute Gasteiger partial charge is 0.267 e. The zero-order valence-corrected chi connectivity index (χ0v) is 17.5. The molecule has 0 saturated heterocycles. The van der Waals surface area contributed by atoms with E-state index in [9.17, 15) is 4.79 Å². The number of hydrogen-bond acceptors (Lipinski definition) is 4. The van der Waals surface area contributed by atoms with Gasteiger partial charge in [0.15, 0.2) is 0 Å². The molecule has 30 heavy (non-hydrogen) atoms. The molecule has 0 unspecified atom stereocenters. The third-order valence-corrected chi connectivity index (χ3v) is 6.20. The van der Waals surface area contributed by atoms with E-state index in [-0.39, 0.29) is 0 Å². The molecule has 0 aliphatic heterocycles. The molecule has 2 aromatic heterocycles. The summed E-state index contributed by atoms with van der Waals surface area (Å²) in [5.41, 5.74) is 7.83. The summed E-state index contributed by atoms with van der Waals surface area (Å²) in [7, 11) is 0. The standard InChI is InChI=1S/C24H25N3O2S/c28-23(27-29)12-11-17-7-9-18(10-8-17)16-25-14-13-20-19-4-1-2-5-21(19)26-24(20)22-6-3-15-30-22/h1-7,9,11-12,15,25-26,29H,8,10,13-14,16H2,(H,27,28)/b12-11+. The Bertz CT molecular complexity index is 1110. The number of para-hydroxylation sites is 1. The van der Waals surface area contributed by atoms with E-state index in [1.54, 1.807) is 22.9 Å². The lowest BCUT2D eigenvalue weighted by Crippen LogP contribution is -2.20. The zero-order valence-electron chi connectivity index (χ0n) is 16.7. The van der Waals surface area contributed by atoms with Crippen molar-refractivity contribution in [1.29, 1.82) is 0 Å². The van der Waals surface area contributed by atoms with Crippen LogP contribution in [0.15, 0.2) is 77.2 Å². The highest BCUT2D eigenvalue weighted by atomic mass is 32.1. The largest absolute Gasteiger partial charge is 0.354 e. The van der Waals surface area contributed by atoms with Crippen molar-refractivity contribution in [3.05, 3.63) is 82.8 Å². The Morgan fingerprint density at radius 3 is 2.83 bits per heavy atom. The van der Waals surface area contributed by atoms with Crippen molar-refractivity contribution in [2.24, 2.45) is 0 Å². The predicted octanol–water partition coefficient (Wildman–Crippen LogP) is 4.74. The molecule has 2 heterocycles. The van der Waals surface area contributed by atoms with E-state index in [2.05, 4.69) is 58.2 Å². The number of fused-ring (bicyclic) bond motifs is 1. The van der Waals surface area contributed by atoms with Gasteiger partial charge in [0.2, 0.25) is 0 Å². The summed E-state index contributed by atoms with van der Waals surface area (Å²) in [6.07, 6.45) is 10.1. The Balaban J connectivity index is 1.37. The second-order valence-corrected chi connectivity index (χ2v) is 8.25. The molecule has 4 rings (SSSR count). The van der Waals surface area contributed by atoms with Crippen LogP contribution in [0.5, 0.6) is 0 Å².